The Morgan fingerprint density at radius 3 is 2.78 bits per heavy atom. The Labute approximate surface area is 110 Å². The molecule has 106 valence electrons. The van der Waals surface area contributed by atoms with Crippen molar-refractivity contribution in [1.82, 2.24) is 5.32 Å². The number of carboxylic acids is 1. The van der Waals surface area contributed by atoms with E-state index in [9.17, 15) is 4.79 Å². The van der Waals surface area contributed by atoms with E-state index in [-0.39, 0.29) is 6.10 Å². The fraction of sp³-hybridized carbons (Fsp3) is 0.929. The van der Waals surface area contributed by atoms with Crippen LogP contribution in [0.1, 0.15) is 58.3 Å². The highest BCUT2D eigenvalue weighted by Gasteiger charge is 2.20. The van der Waals surface area contributed by atoms with Gasteiger partial charge in [0.25, 0.3) is 0 Å². The minimum Gasteiger partial charge on any atom is -0.480 e. The summed E-state index contributed by atoms with van der Waals surface area (Å²) >= 11 is 0. The average Bonchev–Trinajstić information content (AvgIpc) is 2.85. The summed E-state index contributed by atoms with van der Waals surface area (Å²) in [6.07, 6.45) is 8.92. The van der Waals surface area contributed by atoms with Crippen molar-refractivity contribution >= 4 is 5.97 Å². The van der Waals surface area contributed by atoms with Gasteiger partial charge >= 0.3 is 5.97 Å². The first-order chi connectivity index (χ1) is 8.74. The standard InChI is InChI=1S/C14H27NO3/c1-2-3-4-5-6-9-13(14(16)17)15-11-12-8-7-10-18-12/h12-13,15H,2-11H2,1H3,(H,16,17). The van der Waals surface area contributed by atoms with Crippen molar-refractivity contribution in [2.75, 3.05) is 13.2 Å². The Bertz CT molecular complexity index is 227. The molecule has 0 aromatic rings. The first-order valence-corrected chi connectivity index (χ1v) is 7.31. The molecule has 0 amide bonds. The Hall–Kier alpha value is -0.610. The van der Waals surface area contributed by atoms with Gasteiger partial charge in [-0.1, -0.05) is 39.0 Å². The van der Waals surface area contributed by atoms with Gasteiger partial charge in [-0.05, 0) is 19.3 Å². The molecule has 2 atom stereocenters. The van der Waals surface area contributed by atoms with Crippen LogP contribution in [-0.4, -0.2) is 36.4 Å². The van der Waals surface area contributed by atoms with E-state index in [1.807, 2.05) is 0 Å². The van der Waals surface area contributed by atoms with Gasteiger partial charge in [-0.3, -0.25) is 4.79 Å². The molecule has 1 fully saturated rings. The molecule has 1 saturated heterocycles. The Balaban J connectivity index is 2.12. The second kappa shape index (κ2) is 9.34. The minimum absolute atomic E-state index is 0.215. The van der Waals surface area contributed by atoms with Crippen LogP contribution in [0.15, 0.2) is 0 Å². The van der Waals surface area contributed by atoms with Crippen LogP contribution >= 0.6 is 0 Å². The first kappa shape index (κ1) is 15.4. The van der Waals surface area contributed by atoms with Crippen LogP contribution in [0.3, 0.4) is 0 Å². The Morgan fingerprint density at radius 2 is 2.17 bits per heavy atom. The summed E-state index contributed by atoms with van der Waals surface area (Å²) in [6, 6.07) is -0.407. The molecular weight excluding hydrogens is 230 g/mol. The van der Waals surface area contributed by atoms with E-state index in [1.54, 1.807) is 0 Å². The van der Waals surface area contributed by atoms with E-state index >= 15 is 0 Å². The first-order valence-electron chi connectivity index (χ1n) is 7.31. The fourth-order valence-corrected chi connectivity index (χ4v) is 2.34. The van der Waals surface area contributed by atoms with Gasteiger partial charge in [0.2, 0.25) is 0 Å². The van der Waals surface area contributed by atoms with E-state index in [2.05, 4.69) is 12.2 Å². The number of unbranched alkanes of at least 4 members (excludes halogenated alkanes) is 4. The van der Waals surface area contributed by atoms with Crippen molar-refractivity contribution in [1.29, 1.82) is 0 Å². The molecule has 2 N–H and O–H groups in total. The van der Waals surface area contributed by atoms with Crippen molar-refractivity contribution < 1.29 is 14.6 Å². The second-order valence-corrected chi connectivity index (χ2v) is 5.14. The summed E-state index contributed by atoms with van der Waals surface area (Å²) < 4.78 is 5.49. The van der Waals surface area contributed by atoms with Crippen molar-refractivity contribution in [2.45, 2.75) is 70.4 Å². The maximum atomic E-state index is 11.1. The predicted molar refractivity (Wildman–Crippen MR) is 71.8 cm³/mol. The smallest absolute Gasteiger partial charge is 0.320 e. The maximum absolute atomic E-state index is 11.1. The topological polar surface area (TPSA) is 58.6 Å². The van der Waals surface area contributed by atoms with E-state index in [0.717, 1.165) is 38.7 Å². The highest BCUT2D eigenvalue weighted by molar-refractivity contribution is 5.73. The van der Waals surface area contributed by atoms with E-state index in [4.69, 9.17) is 9.84 Å². The third-order valence-electron chi connectivity index (χ3n) is 3.51. The Kier molecular flexibility index (Phi) is 8.01. The zero-order chi connectivity index (χ0) is 13.2. The number of aliphatic carboxylic acids is 1. The van der Waals surface area contributed by atoms with Crippen LogP contribution in [-0.2, 0) is 9.53 Å². The number of hydrogen-bond acceptors (Lipinski definition) is 3. The number of rotatable bonds is 10. The molecule has 0 aliphatic carbocycles. The molecule has 1 aliphatic rings. The van der Waals surface area contributed by atoms with Gasteiger partial charge in [-0.15, -0.1) is 0 Å². The molecule has 0 spiro atoms. The van der Waals surface area contributed by atoms with Crippen molar-refractivity contribution in [3.05, 3.63) is 0 Å². The molecule has 0 bridgehead atoms. The SMILES string of the molecule is CCCCCCCC(NCC1CCCO1)C(=O)O. The molecule has 1 heterocycles. The highest BCUT2D eigenvalue weighted by Crippen LogP contribution is 2.12. The zero-order valence-electron chi connectivity index (χ0n) is 11.5. The zero-order valence-corrected chi connectivity index (χ0v) is 11.5. The number of nitrogens with one attached hydrogen (secondary N) is 1. The van der Waals surface area contributed by atoms with Gasteiger partial charge in [-0.2, -0.15) is 0 Å². The van der Waals surface area contributed by atoms with Crippen LogP contribution in [0.2, 0.25) is 0 Å². The van der Waals surface area contributed by atoms with Gasteiger partial charge in [0.1, 0.15) is 6.04 Å². The lowest BCUT2D eigenvalue weighted by Crippen LogP contribution is -2.40. The van der Waals surface area contributed by atoms with Crippen molar-refractivity contribution in [3.8, 4) is 0 Å². The predicted octanol–water partition coefficient (Wildman–Crippen LogP) is 2.57. The average molecular weight is 257 g/mol. The van der Waals surface area contributed by atoms with Gasteiger partial charge in [0.15, 0.2) is 0 Å². The van der Waals surface area contributed by atoms with Crippen LogP contribution in [0.5, 0.6) is 0 Å². The fourth-order valence-electron chi connectivity index (χ4n) is 2.34. The molecule has 0 aromatic heterocycles. The van der Waals surface area contributed by atoms with Crippen molar-refractivity contribution in [3.63, 3.8) is 0 Å². The molecule has 0 radical (unpaired) electrons. The molecule has 4 nitrogen and oxygen atoms in total. The summed E-state index contributed by atoms with van der Waals surface area (Å²) in [5.74, 6) is -0.733. The van der Waals surface area contributed by atoms with Crippen LogP contribution in [0, 0.1) is 0 Å². The minimum atomic E-state index is -0.733. The van der Waals surface area contributed by atoms with Crippen molar-refractivity contribution in [2.24, 2.45) is 0 Å². The lowest BCUT2D eigenvalue weighted by atomic mass is 10.1. The maximum Gasteiger partial charge on any atom is 0.320 e. The number of carbonyl (C=O) groups is 1. The van der Waals surface area contributed by atoms with Crippen LogP contribution < -0.4 is 5.32 Å². The largest absolute Gasteiger partial charge is 0.480 e. The number of hydrogen-bond donors (Lipinski definition) is 2. The van der Waals surface area contributed by atoms with Gasteiger partial charge < -0.3 is 15.2 Å². The van der Waals surface area contributed by atoms with Gasteiger partial charge in [0, 0.05) is 13.2 Å². The van der Waals surface area contributed by atoms with E-state index in [0.29, 0.717) is 6.54 Å². The summed E-state index contributed by atoms with van der Waals surface area (Å²) in [5, 5.41) is 12.3. The molecule has 0 saturated carbocycles. The van der Waals surface area contributed by atoms with Crippen LogP contribution in [0.4, 0.5) is 0 Å². The highest BCUT2D eigenvalue weighted by atomic mass is 16.5. The molecule has 0 aromatic carbocycles. The number of ether oxygens (including phenoxy) is 1. The lowest BCUT2D eigenvalue weighted by Gasteiger charge is -2.17. The molecule has 1 aliphatic heterocycles. The lowest BCUT2D eigenvalue weighted by molar-refractivity contribution is -0.139. The molecule has 1 rings (SSSR count). The molecular formula is C14H27NO3. The third kappa shape index (κ3) is 6.36. The summed E-state index contributed by atoms with van der Waals surface area (Å²) in [6.45, 7) is 3.68. The molecule has 4 heteroatoms. The summed E-state index contributed by atoms with van der Waals surface area (Å²) in [4.78, 5) is 11.1. The molecule has 2 unspecified atom stereocenters. The quantitative estimate of drug-likeness (QED) is 0.591. The second-order valence-electron chi connectivity index (χ2n) is 5.14. The monoisotopic (exact) mass is 257 g/mol. The normalized spacial score (nSPS) is 21.1. The van der Waals surface area contributed by atoms with E-state index in [1.165, 1.54) is 19.3 Å². The van der Waals surface area contributed by atoms with E-state index < -0.39 is 12.0 Å². The summed E-state index contributed by atoms with van der Waals surface area (Å²) in [7, 11) is 0. The summed E-state index contributed by atoms with van der Waals surface area (Å²) in [5.41, 5.74) is 0. The van der Waals surface area contributed by atoms with Crippen LogP contribution in [0.25, 0.3) is 0 Å². The third-order valence-corrected chi connectivity index (χ3v) is 3.51. The van der Waals surface area contributed by atoms with Gasteiger partial charge in [0.05, 0.1) is 6.10 Å². The number of carboxylic acid groups (broad SMARTS) is 1. The Morgan fingerprint density at radius 1 is 1.39 bits per heavy atom. The van der Waals surface area contributed by atoms with Gasteiger partial charge in [-0.25, -0.2) is 0 Å². The molecule has 18 heavy (non-hydrogen) atoms.